The number of hydrogen-bond donors (Lipinski definition) is 1. The van der Waals surface area contributed by atoms with Crippen molar-refractivity contribution >= 4 is 5.96 Å². The maximum Gasteiger partial charge on any atom is 0.216 e. The summed E-state index contributed by atoms with van der Waals surface area (Å²) in [7, 11) is 1.64. The number of aryl methyl sites for hydroxylation is 2. The van der Waals surface area contributed by atoms with Crippen LogP contribution in [0.25, 0.3) is 0 Å². The molecule has 0 aromatic carbocycles. The zero-order valence-electron chi connectivity index (χ0n) is 7.00. The van der Waals surface area contributed by atoms with Gasteiger partial charge in [0.25, 0.3) is 0 Å². The van der Waals surface area contributed by atoms with E-state index in [2.05, 4.69) is 10.1 Å². The molecule has 1 aromatic heterocycles. The smallest absolute Gasteiger partial charge is 0.216 e. The maximum atomic E-state index is 5.56. The molecule has 0 atom stereocenters. The normalized spacial score (nSPS) is 12.1. The number of aromatic nitrogens is 2. The molecule has 0 aliphatic carbocycles. The van der Waals surface area contributed by atoms with Gasteiger partial charge in [-0.1, -0.05) is 0 Å². The summed E-state index contributed by atoms with van der Waals surface area (Å²) in [5.41, 5.74) is 7.52. The minimum absolute atomic E-state index is 0.426. The summed E-state index contributed by atoms with van der Waals surface area (Å²) >= 11 is 0. The van der Waals surface area contributed by atoms with E-state index >= 15 is 0 Å². The van der Waals surface area contributed by atoms with Crippen LogP contribution in [0.15, 0.2) is 11.1 Å². The van der Waals surface area contributed by atoms with Gasteiger partial charge in [0, 0.05) is 12.7 Å². The molecule has 0 radical (unpaired) electrons. The number of nitrogens with zero attached hydrogens (tertiary/aromatic N) is 3. The molecule has 1 heterocycles. The molecular formula is C7H12N4. The summed E-state index contributed by atoms with van der Waals surface area (Å²) in [6, 6.07) is 1.96. The highest BCUT2D eigenvalue weighted by molar-refractivity contribution is 5.80. The Balaban J connectivity index is 3.13. The first-order valence-electron chi connectivity index (χ1n) is 3.41. The van der Waals surface area contributed by atoms with Gasteiger partial charge in [0.1, 0.15) is 0 Å². The van der Waals surface area contributed by atoms with E-state index in [4.69, 9.17) is 5.73 Å². The van der Waals surface area contributed by atoms with Crippen LogP contribution >= 0.6 is 0 Å². The molecule has 1 aromatic rings. The van der Waals surface area contributed by atoms with E-state index in [-0.39, 0.29) is 0 Å². The SMILES string of the molecule is CN=C(N)n1nc(C)cc1C. The standard InChI is InChI=1S/C7H12N4/c1-5-4-6(2)11(10-5)7(8)9-3/h4H,1-3H3,(H2,8,9). The van der Waals surface area contributed by atoms with Gasteiger partial charge < -0.3 is 5.73 Å². The lowest BCUT2D eigenvalue weighted by Gasteiger charge is -1.99. The molecule has 0 bridgehead atoms. The van der Waals surface area contributed by atoms with Crippen LogP contribution in [-0.4, -0.2) is 22.8 Å². The second kappa shape index (κ2) is 2.74. The van der Waals surface area contributed by atoms with Crippen molar-refractivity contribution in [2.24, 2.45) is 10.7 Å². The van der Waals surface area contributed by atoms with Crippen LogP contribution in [0.5, 0.6) is 0 Å². The van der Waals surface area contributed by atoms with Gasteiger partial charge >= 0.3 is 0 Å². The number of rotatable bonds is 0. The second-order valence-electron chi connectivity index (χ2n) is 2.42. The largest absolute Gasteiger partial charge is 0.368 e. The lowest BCUT2D eigenvalue weighted by molar-refractivity contribution is 0.867. The van der Waals surface area contributed by atoms with E-state index in [1.54, 1.807) is 11.7 Å². The van der Waals surface area contributed by atoms with Gasteiger partial charge in [-0.3, -0.25) is 4.99 Å². The van der Waals surface area contributed by atoms with Crippen LogP contribution in [0.3, 0.4) is 0 Å². The third-order valence-corrected chi connectivity index (χ3v) is 1.46. The summed E-state index contributed by atoms with van der Waals surface area (Å²) in [4.78, 5) is 3.83. The van der Waals surface area contributed by atoms with Gasteiger partial charge in [0.15, 0.2) is 0 Å². The van der Waals surface area contributed by atoms with Crippen LogP contribution in [-0.2, 0) is 0 Å². The van der Waals surface area contributed by atoms with E-state index in [0.717, 1.165) is 11.4 Å². The third-order valence-electron chi connectivity index (χ3n) is 1.46. The topological polar surface area (TPSA) is 56.2 Å². The van der Waals surface area contributed by atoms with Gasteiger partial charge in [-0.25, -0.2) is 4.68 Å². The molecule has 11 heavy (non-hydrogen) atoms. The Morgan fingerprint density at radius 2 is 2.27 bits per heavy atom. The molecule has 0 unspecified atom stereocenters. The Morgan fingerprint density at radius 1 is 1.64 bits per heavy atom. The molecule has 0 amide bonds. The van der Waals surface area contributed by atoms with Crippen LogP contribution in [0.4, 0.5) is 0 Å². The molecule has 0 aliphatic rings. The highest BCUT2D eigenvalue weighted by Gasteiger charge is 2.01. The van der Waals surface area contributed by atoms with E-state index in [1.807, 2.05) is 19.9 Å². The van der Waals surface area contributed by atoms with Crippen molar-refractivity contribution in [3.05, 3.63) is 17.5 Å². The Labute approximate surface area is 65.7 Å². The first-order chi connectivity index (χ1) is 5.15. The molecule has 4 heteroatoms. The fraction of sp³-hybridized carbons (Fsp3) is 0.429. The lowest BCUT2D eigenvalue weighted by Crippen LogP contribution is -2.24. The van der Waals surface area contributed by atoms with Crippen LogP contribution in [0, 0.1) is 13.8 Å². The highest BCUT2D eigenvalue weighted by Crippen LogP contribution is 1.99. The average Bonchev–Trinajstić information content (AvgIpc) is 2.28. The minimum atomic E-state index is 0.426. The molecular weight excluding hydrogens is 140 g/mol. The van der Waals surface area contributed by atoms with Crippen molar-refractivity contribution in [2.75, 3.05) is 7.05 Å². The molecule has 2 N–H and O–H groups in total. The quantitative estimate of drug-likeness (QED) is 0.429. The molecule has 60 valence electrons. The van der Waals surface area contributed by atoms with E-state index in [1.165, 1.54) is 0 Å². The molecule has 0 fully saturated rings. The van der Waals surface area contributed by atoms with E-state index in [0.29, 0.717) is 5.96 Å². The number of hydrogen-bond acceptors (Lipinski definition) is 2. The highest BCUT2D eigenvalue weighted by atomic mass is 15.4. The Hall–Kier alpha value is -1.32. The second-order valence-corrected chi connectivity index (χ2v) is 2.42. The summed E-state index contributed by atoms with van der Waals surface area (Å²) < 4.78 is 1.62. The van der Waals surface area contributed by atoms with Crippen LogP contribution in [0.1, 0.15) is 11.4 Å². The molecule has 1 rings (SSSR count). The molecule has 4 nitrogen and oxygen atoms in total. The van der Waals surface area contributed by atoms with E-state index < -0.39 is 0 Å². The van der Waals surface area contributed by atoms with Crippen molar-refractivity contribution < 1.29 is 0 Å². The van der Waals surface area contributed by atoms with Crippen molar-refractivity contribution in [3.63, 3.8) is 0 Å². The molecule has 0 aliphatic heterocycles. The van der Waals surface area contributed by atoms with Crippen LogP contribution < -0.4 is 5.73 Å². The Kier molecular flexibility index (Phi) is 1.94. The zero-order chi connectivity index (χ0) is 8.43. The zero-order valence-corrected chi connectivity index (χ0v) is 7.00. The van der Waals surface area contributed by atoms with Crippen molar-refractivity contribution in [1.29, 1.82) is 0 Å². The predicted molar refractivity (Wildman–Crippen MR) is 44.6 cm³/mol. The van der Waals surface area contributed by atoms with Crippen LogP contribution in [0.2, 0.25) is 0 Å². The van der Waals surface area contributed by atoms with Gasteiger partial charge in [-0.15, -0.1) is 0 Å². The molecule has 0 spiro atoms. The summed E-state index contributed by atoms with van der Waals surface area (Å²) in [6.45, 7) is 3.87. The monoisotopic (exact) mass is 152 g/mol. The summed E-state index contributed by atoms with van der Waals surface area (Å²) in [5.74, 6) is 0.426. The number of nitrogens with two attached hydrogens (primary N) is 1. The Morgan fingerprint density at radius 3 is 2.64 bits per heavy atom. The van der Waals surface area contributed by atoms with Gasteiger partial charge in [-0.05, 0) is 19.9 Å². The van der Waals surface area contributed by atoms with Gasteiger partial charge in [-0.2, -0.15) is 5.10 Å². The minimum Gasteiger partial charge on any atom is -0.368 e. The number of aliphatic imine (C=N–C) groups is 1. The fourth-order valence-electron chi connectivity index (χ4n) is 0.956. The molecule has 0 saturated heterocycles. The fourth-order valence-corrected chi connectivity index (χ4v) is 0.956. The van der Waals surface area contributed by atoms with Crippen molar-refractivity contribution in [3.8, 4) is 0 Å². The lowest BCUT2D eigenvalue weighted by atomic mass is 10.4. The Bertz CT molecular complexity index is 285. The summed E-state index contributed by atoms with van der Waals surface area (Å²) in [5, 5.41) is 4.14. The molecule has 0 saturated carbocycles. The average molecular weight is 152 g/mol. The maximum absolute atomic E-state index is 5.56. The van der Waals surface area contributed by atoms with E-state index in [9.17, 15) is 0 Å². The van der Waals surface area contributed by atoms with Gasteiger partial charge in [0.2, 0.25) is 5.96 Å². The van der Waals surface area contributed by atoms with Crippen molar-refractivity contribution in [1.82, 2.24) is 9.78 Å². The van der Waals surface area contributed by atoms with Gasteiger partial charge in [0.05, 0.1) is 5.69 Å². The summed E-state index contributed by atoms with van der Waals surface area (Å²) in [6.07, 6.45) is 0. The van der Waals surface area contributed by atoms with Crippen molar-refractivity contribution in [2.45, 2.75) is 13.8 Å². The first kappa shape index (κ1) is 7.78. The first-order valence-corrected chi connectivity index (χ1v) is 3.41. The third kappa shape index (κ3) is 1.39. The predicted octanol–water partition coefficient (Wildman–Crippen LogP) is 0.293.